The molecule has 0 aliphatic rings. The molecule has 0 fully saturated rings. The molecule has 0 saturated carbocycles. The van der Waals surface area contributed by atoms with Crippen LogP contribution in [0.3, 0.4) is 0 Å². The number of aromatic nitrogens is 1. The Bertz CT molecular complexity index is 1180. The zero-order valence-electron chi connectivity index (χ0n) is 21.4. The molecule has 0 spiro atoms. The van der Waals surface area contributed by atoms with Crippen molar-refractivity contribution >= 4 is 64.6 Å². The van der Waals surface area contributed by atoms with E-state index < -0.39 is 17.9 Å². The van der Waals surface area contributed by atoms with Gasteiger partial charge in [0.2, 0.25) is 11.9 Å². The number of amides is 1. The van der Waals surface area contributed by atoms with Gasteiger partial charge < -0.3 is 27.2 Å². The standard InChI is InChI=1S/C23H24Cl2FN5O2.C2H6.CH4S/c1-11(2)15-10-13(5-8-16(15)27)29-20-18(24)21(26)31-23(19(20)25)30-17(22(28)33)9-12-3-6-14(32)7-4-12;2*1-2/h3-8,10-11,17,32H,9,27H2,1-2H3,(H2,28,33)(H2,29,30,31);1-2H3;2H,1H3. The van der Waals surface area contributed by atoms with Crippen LogP contribution in [0.25, 0.3) is 0 Å². The number of hydrogen-bond acceptors (Lipinski definition) is 7. The van der Waals surface area contributed by atoms with Gasteiger partial charge in [-0.15, -0.1) is 0 Å². The van der Waals surface area contributed by atoms with E-state index in [0.717, 1.165) is 11.1 Å². The van der Waals surface area contributed by atoms with Crippen molar-refractivity contribution in [1.29, 1.82) is 0 Å². The number of halogens is 3. The molecular formula is C26H34Cl2FN5O2S. The fourth-order valence-electron chi connectivity index (χ4n) is 3.27. The van der Waals surface area contributed by atoms with E-state index in [1.54, 1.807) is 30.5 Å². The second kappa shape index (κ2) is 15.4. The summed E-state index contributed by atoms with van der Waals surface area (Å²) in [4.78, 5) is 15.8. The van der Waals surface area contributed by atoms with Crippen molar-refractivity contribution in [2.24, 2.45) is 5.73 Å². The number of carbonyl (C=O) groups excluding carboxylic acids is 1. The van der Waals surface area contributed by atoms with Crippen LogP contribution < -0.4 is 22.1 Å². The van der Waals surface area contributed by atoms with Crippen molar-refractivity contribution in [3.8, 4) is 5.75 Å². The van der Waals surface area contributed by atoms with Gasteiger partial charge in [0.05, 0.1) is 5.69 Å². The van der Waals surface area contributed by atoms with Crippen molar-refractivity contribution in [1.82, 2.24) is 4.98 Å². The molecule has 3 rings (SSSR count). The summed E-state index contributed by atoms with van der Waals surface area (Å²) in [5.41, 5.74) is 14.5. The molecule has 202 valence electrons. The number of pyridine rings is 1. The summed E-state index contributed by atoms with van der Waals surface area (Å²) in [7, 11) is 0. The van der Waals surface area contributed by atoms with Crippen LogP contribution >= 0.6 is 35.8 Å². The number of nitrogens with zero attached hydrogens (tertiary/aromatic N) is 1. The van der Waals surface area contributed by atoms with Crippen LogP contribution in [-0.2, 0) is 11.2 Å². The molecule has 37 heavy (non-hydrogen) atoms. The van der Waals surface area contributed by atoms with Gasteiger partial charge in [0, 0.05) is 17.8 Å². The number of rotatable bonds is 8. The molecule has 0 radical (unpaired) electrons. The fraction of sp³-hybridized carbons (Fsp3) is 0.308. The number of primary amides is 1. The lowest BCUT2D eigenvalue weighted by Crippen LogP contribution is -2.37. The molecular weight excluding hydrogens is 536 g/mol. The van der Waals surface area contributed by atoms with Crippen molar-refractivity contribution in [2.45, 2.75) is 46.1 Å². The monoisotopic (exact) mass is 569 g/mol. The lowest BCUT2D eigenvalue weighted by atomic mass is 10.0. The summed E-state index contributed by atoms with van der Waals surface area (Å²) in [5, 5.41) is 14.9. The van der Waals surface area contributed by atoms with E-state index in [-0.39, 0.29) is 39.6 Å². The first-order chi connectivity index (χ1) is 17.6. The predicted octanol–water partition coefficient (Wildman–Crippen LogP) is 6.76. The molecule has 1 unspecified atom stereocenters. The third-order valence-electron chi connectivity index (χ3n) is 5.05. The fourth-order valence-corrected chi connectivity index (χ4v) is 3.74. The molecule has 11 heteroatoms. The summed E-state index contributed by atoms with van der Waals surface area (Å²) >= 11 is 16.2. The van der Waals surface area contributed by atoms with Gasteiger partial charge in [0.15, 0.2) is 5.82 Å². The molecule has 0 aliphatic carbocycles. The minimum Gasteiger partial charge on any atom is -0.508 e. The van der Waals surface area contributed by atoms with Gasteiger partial charge in [-0.3, -0.25) is 4.79 Å². The van der Waals surface area contributed by atoms with Crippen molar-refractivity contribution in [3.05, 3.63) is 69.6 Å². The zero-order valence-corrected chi connectivity index (χ0v) is 23.8. The topological polar surface area (TPSA) is 126 Å². The maximum absolute atomic E-state index is 14.6. The van der Waals surface area contributed by atoms with Crippen LogP contribution in [0.5, 0.6) is 5.75 Å². The second-order valence-electron chi connectivity index (χ2n) is 7.85. The molecule has 1 heterocycles. The largest absolute Gasteiger partial charge is 0.508 e. The third kappa shape index (κ3) is 8.87. The number of benzene rings is 2. The number of nitrogens with two attached hydrogens (primary N) is 2. The highest BCUT2D eigenvalue weighted by Crippen LogP contribution is 2.39. The number of phenols is 1. The molecule has 1 aromatic heterocycles. The van der Waals surface area contributed by atoms with E-state index in [0.29, 0.717) is 11.4 Å². The lowest BCUT2D eigenvalue weighted by Gasteiger charge is -2.20. The van der Waals surface area contributed by atoms with Crippen LogP contribution in [0.4, 0.5) is 27.3 Å². The number of carbonyl (C=O) groups is 1. The molecule has 0 aliphatic heterocycles. The van der Waals surface area contributed by atoms with E-state index in [4.69, 9.17) is 34.7 Å². The van der Waals surface area contributed by atoms with Gasteiger partial charge in [-0.1, -0.05) is 63.0 Å². The first-order valence-electron chi connectivity index (χ1n) is 11.6. The van der Waals surface area contributed by atoms with Crippen molar-refractivity contribution in [3.63, 3.8) is 0 Å². The van der Waals surface area contributed by atoms with E-state index in [1.807, 2.05) is 33.8 Å². The smallest absolute Gasteiger partial charge is 0.240 e. The maximum Gasteiger partial charge on any atom is 0.240 e. The Hall–Kier alpha value is -2.88. The number of aromatic hydroxyl groups is 1. The van der Waals surface area contributed by atoms with Crippen molar-refractivity contribution in [2.75, 3.05) is 22.6 Å². The normalized spacial score (nSPS) is 11.0. The second-order valence-corrected chi connectivity index (χ2v) is 8.60. The SMILES string of the molecule is CC.CC(C)c1cc(Nc2c(Cl)c(F)nc(NC(Cc3ccc(O)cc3)C(N)=O)c2Cl)ccc1N.CS. The minimum absolute atomic E-state index is 0.0127. The van der Waals surface area contributed by atoms with Gasteiger partial charge >= 0.3 is 0 Å². The highest BCUT2D eigenvalue weighted by Gasteiger charge is 2.23. The maximum atomic E-state index is 14.6. The van der Waals surface area contributed by atoms with Gasteiger partial charge in [-0.2, -0.15) is 22.0 Å². The van der Waals surface area contributed by atoms with E-state index >= 15 is 0 Å². The Kier molecular flexibility index (Phi) is 13.4. The molecule has 7 nitrogen and oxygen atoms in total. The summed E-state index contributed by atoms with van der Waals surface area (Å²) in [5.74, 6) is -1.50. The molecule has 0 bridgehead atoms. The summed E-state index contributed by atoms with van der Waals surface area (Å²) in [6.45, 7) is 8.00. The first kappa shape index (κ1) is 32.1. The summed E-state index contributed by atoms with van der Waals surface area (Å²) < 4.78 is 14.6. The molecule has 0 saturated heterocycles. The van der Waals surface area contributed by atoms with Crippen molar-refractivity contribution < 1.29 is 14.3 Å². The number of phenolic OH excluding ortho intramolecular Hbond substituents is 1. The molecule has 7 N–H and O–H groups in total. The van der Waals surface area contributed by atoms with E-state index in [1.165, 1.54) is 12.1 Å². The molecule has 1 amide bonds. The third-order valence-corrected chi connectivity index (χ3v) is 5.76. The highest BCUT2D eigenvalue weighted by molar-refractivity contribution is 7.79. The van der Waals surface area contributed by atoms with Crippen LogP contribution in [0.1, 0.15) is 44.7 Å². The predicted molar refractivity (Wildman–Crippen MR) is 157 cm³/mol. The molecule has 1 atom stereocenters. The van der Waals surface area contributed by atoms with E-state index in [9.17, 15) is 14.3 Å². The quantitative estimate of drug-likeness (QED) is 0.101. The number of thiol groups is 1. The average Bonchev–Trinajstić information content (AvgIpc) is 2.89. The zero-order chi connectivity index (χ0) is 28.3. The van der Waals surface area contributed by atoms with Crippen LogP contribution in [0.15, 0.2) is 42.5 Å². The van der Waals surface area contributed by atoms with Gasteiger partial charge in [-0.05, 0) is 53.6 Å². The van der Waals surface area contributed by atoms with Gasteiger partial charge in [-0.25, -0.2) is 0 Å². The average molecular weight is 571 g/mol. The highest BCUT2D eigenvalue weighted by atomic mass is 35.5. The Labute approximate surface area is 233 Å². The Balaban J connectivity index is 0.00000163. The lowest BCUT2D eigenvalue weighted by molar-refractivity contribution is -0.118. The Morgan fingerprint density at radius 2 is 1.70 bits per heavy atom. The van der Waals surface area contributed by atoms with Crippen LogP contribution in [0, 0.1) is 5.95 Å². The molecule has 3 aromatic rings. The van der Waals surface area contributed by atoms with Gasteiger partial charge in [0.1, 0.15) is 21.8 Å². The number of nitrogen functional groups attached to an aromatic ring is 1. The number of anilines is 4. The summed E-state index contributed by atoms with van der Waals surface area (Å²) in [6, 6.07) is 10.6. The Morgan fingerprint density at radius 3 is 2.24 bits per heavy atom. The summed E-state index contributed by atoms with van der Waals surface area (Å²) in [6.07, 6.45) is 1.86. The van der Waals surface area contributed by atoms with Gasteiger partial charge in [0.25, 0.3) is 0 Å². The van der Waals surface area contributed by atoms with Crippen LogP contribution in [-0.4, -0.2) is 28.3 Å². The van der Waals surface area contributed by atoms with Crippen LogP contribution in [0.2, 0.25) is 10.0 Å². The number of hydrogen-bond donors (Lipinski definition) is 6. The van der Waals surface area contributed by atoms with E-state index in [2.05, 4.69) is 28.2 Å². The number of nitrogens with one attached hydrogen (secondary N) is 2. The minimum atomic E-state index is -0.974. The molecule has 2 aromatic carbocycles. The Morgan fingerprint density at radius 1 is 1.11 bits per heavy atom. The first-order valence-corrected chi connectivity index (χ1v) is 13.2.